The third-order valence-electron chi connectivity index (χ3n) is 6.09. The van der Waals surface area contributed by atoms with Crippen molar-refractivity contribution in [1.82, 2.24) is 9.80 Å². The highest BCUT2D eigenvalue weighted by Gasteiger charge is 2.54. The predicted octanol–water partition coefficient (Wildman–Crippen LogP) is 3.15. The highest BCUT2D eigenvalue weighted by molar-refractivity contribution is 5.77. The van der Waals surface area contributed by atoms with E-state index < -0.39 is 11.6 Å². The number of hydrogen-bond acceptors (Lipinski definition) is 2. The van der Waals surface area contributed by atoms with Gasteiger partial charge in [0, 0.05) is 31.0 Å². The third kappa shape index (κ3) is 2.53. The van der Waals surface area contributed by atoms with Crippen molar-refractivity contribution in [2.75, 3.05) is 19.6 Å². The zero-order chi connectivity index (χ0) is 16.8. The number of benzene rings is 1. The first-order valence-electron chi connectivity index (χ1n) is 9.08. The van der Waals surface area contributed by atoms with Crippen molar-refractivity contribution in [2.24, 2.45) is 5.92 Å². The fourth-order valence-corrected chi connectivity index (χ4v) is 5.14. The van der Waals surface area contributed by atoms with E-state index in [0.29, 0.717) is 24.4 Å². The number of halogens is 2. The minimum atomic E-state index is -0.532. The zero-order valence-electron chi connectivity index (χ0n) is 14.0. The van der Waals surface area contributed by atoms with Crippen LogP contribution in [-0.4, -0.2) is 47.4 Å². The molecule has 5 heteroatoms. The maximum atomic E-state index is 13.7. The Hall–Kier alpha value is -1.49. The quantitative estimate of drug-likeness (QED) is 0.848. The summed E-state index contributed by atoms with van der Waals surface area (Å²) in [7, 11) is 0. The first kappa shape index (κ1) is 16.0. The van der Waals surface area contributed by atoms with Crippen molar-refractivity contribution in [1.29, 1.82) is 0 Å². The van der Waals surface area contributed by atoms with Gasteiger partial charge in [0.2, 0.25) is 5.91 Å². The monoisotopic (exact) mass is 334 g/mol. The van der Waals surface area contributed by atoms with E-state index in [1.165, 1.54) is 12.1 Å². The Morgan fingerprint density at radius 1 is 1.12 bits per heavy atom. The average Bonchev–Trinajstić information content (AvgIpc) is 2.98. The van der Waals surface area contributed by atoms with Gasteiger partial charge in [0.25, 0.3) is 0 Å². The van der Waals surface area contributed by atoms with E-state index in [0.717, 1.165) is 38.4 Å². The molecule has 0 spiro atoms. The highest BCUT2D eigenvalue weighted by atomic mass is 19.1. The van der Waals surface area contributed by atoms with Crippen LogP contribution in [0.5, 0.6) is 0 Å². The van der Waals surface area contributed by atoms with Gasteiger partial charge < -0.3 is 4.90 Å². The third-order valence-corrected chi connectivity index (χ3v) is 6.09. The summed E-state index contributed by atoms with van der Waals surface area (Å²) in [5.41, 5.74) is 0.696. The number of hydrogen-bond donors (Lipinski definition) is 0. The van der Waals surface area contributed by atoms with Crippen molar-refractivity contribution in [2.45, 2.75) is 50.6 Å². The normalized spacial score (nSPS) is 34.5. The summed E-state index contributed by atoms with van der Waals surface area (Å²) in [5, 5.41) is 0. The van der Waals surface area contributed by atoms with Gasteiger partial charge in [-0.3, -0.25) is 9.69 Å². The molecule has 5 rings (SSSR count). The van der Waals surface area contributed by atoms with Gasteiger partial charge in [-0.15, -0.1) is 0 Å². The average molecular weight is 334 g/mol. The van der Waals surface area contributed by atoms with Crippen molar-refractivity contribution in [3.63, 3.8) is 0 Å². The molecule has 1 aromatic rings. The molecule has 24 heavy (non-hydrogen) atoms. The molecule has 0 N–H and O–H groups in total. The number of carbonyl (C=O) groups excluding carboxylic acids is 1. The number of nitrogens with zero attached hydrogens (tertiary/aromatic N) is 2. The molecule has 0 aromatic heterocycles. The number of piperidine rings is 3. The Labute approximate surface area is 141 Å². The molecule has 2 bridgehead atoms. The van der Waals surface area contributed by atoms with Crippen LogP contribution in [0.4, 0.5) is 8.78 Å². The van der Waals surface area contributed by atoms with Crippen LogP contribution in [0.25, 0.3) is 0 Å². The zero-order valence-corrected chi connectivity index (χ0v) is 14.0. The van der Waals surface area contributed by atoms with E-state index in [4.69, 9.17) is 0 Å². The second-order valence-corrected chi connectivity index (χ2v) is 7.46. The lowest BCUT2D eigenvalue weighted by Crippen LogP contribution is -2.60. The van der Waals surface area contributed by atoms with Crippen molar-refractivity contribution < 1.29 is 13.6 Å². The molecule has 4 aliphatic heterocycles. The van der Waals surface area contributed by atoms with Gasteiger partial charge in [-0.05, 0) is 56.0 Å². The Balaban J connectivity index is 1.71. The number of amides is 1. The number of rotatable bonds is 3. The number of fused-ring (bicyclic) bond motifs is 2. The van der Waals surface area contributed by atoms with Crippen LogP contribution in [0.3, 0.4) is 0 Å². The molecule has 0 aliphatic carbocycles. The lowest BCUT2D eigenvalue weighted by atomic mass is 9.75. The second-order valence-electron chi connectivity index (χ2n) is 7.46. The van der Waals surface area contributed by atoms with E-state index in [1.54, 1.807) is 0 Å². The maximum Gasteiger partial charge on any atom is 0.222 e. The standard InChI is InChI=1S/C19H24F2N2O/c1-2-3-17(24)23-11-16(13-8-14(20)10-15(21)9-13)19-18(23)12-4-6-22(19)7-5-12/h8-10,12,16,18-19H,2-7,11H2,1H3/t16-,18+,19+/m0/s1. The van der Waals surface area contributed by atoms with Crippen LogP contribution in [-0.2, 0) is 4.79 Å². The number of carbonyl (C=O) groups is 1. The van der Waals surface area contributed by atoms with E-state index in [2.05, 4.69) is 4.90 Å². The molecule has 3 atom stereocenters. The SMILES string of the molecule is CCCC(=O)N1C[C@@H](c2cc(F)cc(F)c2)[C@@H]2[C@H]1C1CCN2CC1. The fourth-order valence-electron chi connectivity index (χ4n) is 5.14. The molecule has 4 aliphatic rings. The summed E-state index contributed by atoms with van der Waals surface area (Å²) in [5.74, 6) is -0.333. The Kier molecular flexibility index (Phi) is 4.07. The van der Waals surface area contributed by atoms with Crippen LogP contribution in [0.15, 0.2) is 18.2 Å². The molecule has 3 nitrogen and oxygen atoms in total. The number of likely N-dealkylation sites (tertiary alicyclic amines) is 1. The Bertz CT molecular complexity index is 622. The van der Waals surface area contributed by atoms with E-state index in [9.17, 15) is 13.6 Å². The summed E-state index contributed by atoms with van der Waals surface area (Å²) < 4.78 is 27.5. The summed E-state index contributed by atoms with van der Waals surface area (Å²) in [6.07, 6.45) is 3.64. The topological polar surface area (TPSA) is 23.6 Å². The van der Waals surface area contributed by atoms with Crippen LogP contribution < -0.4 is 0 Å². The second kappa shape index (κ2) is 6.10. The molecule has 1 amide bonds. The lowest BCUT2D eigenvalue weighted by molar-refractivity contribution is -0.136. The van der Waals surface area contributed by atoms with Gasteiger partial charge >= 0.3 is 0 Å². The molecule has 130 valence electrons. The molecular formula is C19H24F2N2O. The largest absolute Gasteiger partial charge is 0.337 e. The Morgan fingerprint density at radius 3 is 2.42 bits per heavy atom. The van der Waals surface area contributed by atoms with Gasteiger partial charge in [0.1, 0.15) is 11.6 Å². The molecule has 1 aromatic carbocycles. The molecule has 0 saturated carbocycles. The lowest BCUT2D eigenvalue weighted by Gasteiger charge is -2.51. The summed E-state index contributed by atoms with van der Waals surface area (Å²) in [6.45, 7) is 4.68. The van der Waals surface area contributed by atoms with Crippen LogP contribution in [0.1, 0.15) is 44.1 Å². The summed E-state index contributed by atoms with van der Waals surface area (Å²) >= 11 is 0. The molecule has 0 unspecified atom stereocenters. The van der Waals surface area contributed by atoms with E-state index >= 15 is 0 Å². The van der Waals surface area contributed by atoms with Gasteiger partial charge in [-0.2, -0.15) is 0 Å². The molecular weight excluding hydrogens is 310 g/mol. The van der Waals surface area contributed by atoms with Crippen molar-refractivity contribution in [3.05, 3.63) is 35.4 Å². The van der Waals surface area contributed by atoms with Crippen LogP contribution in [0, 0.1) is 17.6 Å². The first-order valence-corrected chi connectivity index (χ1v) is 9.08. The van der Waals surface area contributed by atoms with Gasteiger partial charge in [-0.25, -0.2) is 8.78 Å². The fraction of sp³-hybridized carbons (Fsp3) is 0.632. The van der Waals surface area contributed by atoms with E-state index in [-0.39, 0.29) is 23.9 Å². The van der Waals surface area contributed by atoms with Gasteiger partial charge in [0.05, 0.1) is 6.04 Å². The molecule has 0 radical (unpaired) electrons. The molecule has 4 heterocycles. The smallest absolute Gasteiger partial charge is 0.222 e. The van der Waals surface area contributed by atoms with Gasteiger partial charge in [-0.1, -0.05) is 6.92 Å². The Morgan fingerprint density at radius 2 is 1.79 bits per heavy atom. The molecule has 4 fully saturated rings. The van der Waals surface area contributed by atoms with Gasteiger partial charge in [0.15, 0.2) is 0 Å². The molecule has 4 saturated heterocycles. The minimum Gasteiger partial charge on any atom is -0.337 e. The van der Waals surface area contributed by atoms with Crippen LogP contribution in [0.2, 0.25) is 0 Å². The van der Waals surface area contributed by atoms with Crippen molar-refractivity contribution in [3.8, 4) is 0 Å². The maximum absolute atomic E-state index is 13.7. The summed E-state index contributed by atoms with van der Waals surface area (Å²) in [4.78, 5) is 17.1. The minimum absolute atomic E-state index is 0.00380. The highest BCUT2D eigenvalue weighted by Crippen LogP contribution is 2.46. The first-order chi connectivity index (χ1) is 11.6. The summed E-state index contributed by atoms with van der Waals surface area (Å²) in [6, 6.07) is 4.23. The predicted molar refractivity (Wildman–Crippen MR) is 87.6 cm³/mol. The van der Waals surface area contributed by atoms with Crippen molar-refractivity contribution >= 4 is 5.91 Å². The van der Waals surface area contributed by atoms with Crippen LogP contribution >= 0.6 is 0 Å². The van der Waals surface area contributed by atoms with E-state index in [1.807, 2.05) is 11.8 Å².